The van der Waals surface area contributed by atoms with Gasteiger partial charge < -0.3 is 20.2 Å². The monoisotopic (exact) mass is 388 g/mol. The number of urea groups is 1. The van der Waals surface area contributed by atoms with E-state index in [2.05, 4.69) is 28.4 Å². The second-order valence-electron chi connectivity index (χ2n) is 8.09. The van der Waals surface area contributed by atoms with Crippen molar-refractivity contribution in [2.45, 2.75) is 31.9 Å². The van der Waals surface area contributed by atoms with Crippen LogP contribution in [0.4, 0.5) is 4.79 Å². The summed E-state index contributed by atoms with van der Waals surface area (Å²) in [6.45, 7) is 3.72. The Morgan fingerprint density at radius 1 is 1.18 bits per heavy atom. The van der Waals surface area contributed by atoms with E-state index in [4.69, 9.17) is 0 Å². The molecule has 1 fully saturated rings. The number of amides is 3. The number of rotatable bonds is 5. The van der Waals surface area contributed by atoms with Crippen LogP contribution in [0, 0.1) is 5.92 Å². The fraction of sp³-hybridized carbons (Fsp3) is 0.619. The molecule has 0 spiro atoms. The number of nitrogens with one attached hydrogen (secondary N) is 1. The zero-order chi connectivity index (χ0) is 20.1. The molecule has 0 aliphatic carbocycles. The summed E-state index contributed by atoms with van der Waals surface area (Å²) in [5.74, 6) is 0.144. The van der Waals surface area contributed by atoms with Gasteiger partial charge in [0.2, 0.25) is 5.91 Å². The van der Waals surface area contributed by atoms with Crippen molar-refractivity contribution in [1.29, 1.82) is 0 Å². The van der Waals surface area contributed by atoms with E-state index >= 15 is 0 Å². The lowest BCUT2D eigenvalue weighted by atomic mass is 9.96. The second kappa shape index (κ2) is 9.39. The summed E-state index contributed by atoms with van der Waals surface area (Å²) < 4.78 is 0. The number of benzene rings is 1. The minimum atomic E-state index is -0.595. The highest BCUT2D eigenvalue weighted by atomic mass is 16.3. The van der Waals surface area contributed by atoms with Gasteiger partial charge in [-0.3, -0.25) is 9.69 Å². The van der Waals surface area contributed by atoms with Gasteiger partial charge in [0, 0.05) is 59.3 Å². The Bertz CT molecular complexity index is 686. The van der Waals surface area contributed by atoms with Crippen molar-refractivity contribution in [2.24, 2.45) is 5.92 Å². The molecule has 1 atom stereocenters. The Kier molecular flexibility index (Phi) is 6.91. The number of likely N-dealkylation sites (tertiary alicyclic amines) is 1. The van der Waals surface area contributed by atoms with Crippen LogP contribution in [0.3, 0.4) is 0 Å². The first-order valence-corrected chi connectivity index (χ1v) is 10.1. The highest BCUT2D eigenvalue weighted by molar-refractivity contribution is 5.79. The quantitative estimate of drug-likeness (QED) is 0.786. The van der Waals surface area contributed by atoms with Crippen LogP contribution in [0.2, 0.25) is 0 Å². The van der Waals surface area contributed by atoms with E-state index in [1.165, 1.54) is 11.1 Å². The molecule has 7 nitrogen and oxygen atoms in total. The molecule has 0 aromatic heterocycles. The number of hydrogen-bond donors (Lipinski definition) is 2. The Morgan fingerprint density at radius 2 is 1.86 bits per heavy atom. The lowest BCUT2D eigenvalue weighted by Crippen LogP contribution is -2.49. The summed E-state index contributed by atoms with van der Waals surface area (Å²) in [5.41, 5.74) is 2.71. The van der Waals surface area contributed by atoms with Gasteiger partial charge in [-0.2, -0.15) is 0 Å². The average molecular weight is 389 g/mol. The molecular weight excluding hydrogens is 356 g/mol. The Morgan fingerprint density at radius 3 is 2.54 bits per heavy atom. The molecule has 1 aromatic carbocycles. The molecule has 2 aliphatic heterocycles. The van der Waals surface area contributed by atoms with Crippen molar-refractivity contribution in [3.8, 4) is 0 Å². The fourth-order valence-electron chi connectivity index (χ4n) is 4.08. The first-order valence-electron chi connectivity index (χ1n) is 10.1. The molecule has 1 saturated heterocycles. The van der Waals surface area contributed by atoms with Crippen molar-refractivity contribution in [2.75, 3.05) is 46.8 Å². The second-order valence-corrected chi connectivity index (χ2v) is 8.09. The van der Waals surface area contributed by atoms with Crippen molar-refractivity contribution in [3.63, 3.8) is 0 Å². The SMILES string of the molecule is CN(C)C(=O)C1CCN(C(=O)NC[C@H](O)CN2CCc3ccccc3C2)CC1. The molecule has 1 aromatic rings. The Hall–Kier alpha value is -2.12. The fourth-order valence-corrected chi connectivity index (χ4v) is 4.08. The third-order valence-electron chi connectivity index (χ3n) is 5.74. The number of carbonyl (C=O) groups is 2. The van der Waals surface area contributed by atoms with Crippen molar-refractivity contribution in [1.82, 2.24) is 20.0 Å². The number of carbonyl (C=O) groups excluding carboxylic acids is 2. The molecule has 2 heterocycles. The van der Waals surface area contributed by atoms with Crippen LogP contribution in [-0.4, -0.2) is 84.7 Å². The largest absolute Gasteiger partial charge is 0.390 e. The van der Waals surface area contributed by atoms with Gasteiger partial charge in [0.05, 0.1) is 6.10 Å². The maximum absolute atomic E-state index is 12.4. The number of aliphatic hydroxyl groups excluding tert-OH is 1. The zero-order valence-electron chi connectivity index (χ0n) is 16.9. The number of aliphatic hydroxyl groups is 1. The van der Waals surface area contributed by atoms with E-state index in [1.807, 2.05) is 6.07 Å². The smallest absolute Gasteiger partial charge is 0.317 e. The van der Waals surface area contributed by atoms with E-state index < -0.39 is 6.10 Å². The van der Waals surface area contributed by atoms with E-state index in [-0.39, 0.29) is 24.4 Å². The normalized spacial score (nSPS) is 19.0. The average Bonchev–Trinajstić information content (AvgIpc) is 2.71. The van der Waals surface area contributed by atoms with Gasteiger partial charge in [0.1, 0.15) is 0 Å². The Labute approximate surface area is 167 Å². The van der Waals surface area contributed by atoms with Gasteiger partial charge in [0.15, 0.2) is 0 Å². The third-order valence-corrected chi connectivity index (χ3v) is 5.74. The van der Waals surface area contributed by atoms with Crippen LogP contribution >= 0.6 is 0 Å². The molecule has 0 radical (unpaired) electrons. The summed E-state index contributed by atoms with van der Waals surface area (Å²) >= 11 is 0. The summed E-state index contributed by atoms with van der Waals surface area (Å²) in [6.07, 6.45) is 1.79. The first-order chi connectivity index (χ1) is 13.4. The number of hydrogen-bond acceptors (Lipinski definition) is 4. The standard InChI is InChI=1S/C21H32N4O3/c1-23(2)20(27)17-8-11-25(12-9-17)21(28)22-13-19(26)15-24-10-7-16-5-3-4-6-18(16)14-24/h3-6,17,19,26H,7-15H2,1-2H3,(H,22,28)/t19-/m0/s1. The molecule has 2 aliphatic rings. The number of fused-ring (bicyclic) bond motifs is 1. The van der Waals surface area contributed by atoms with Gasteiger partial charge >= 0.3 is 6.03 Å². The lowest BCUT2D eigenvalue weighted by molar-refractivity contribution is -0.134. The number of piperidine rings is 1. The number of β-amino-alcohol motifs (C(OH)–C–C–N with tert-alkyl or cyclic N) is 1. The zero-order valence-corrected chi connectivity index (χ0v) is 16.9. The van der Waals surface area contributed by atoms with Crippen molar-refractivity contribution in [3.05, 3.63) is 35.4 Å². The predicted octanol–water partition coefficient (Wildman–Crippen LogP) is 0.915. The Balaban J connectivity index is 1.38. The third kappa shape index (κ3) is 5.23. The van der Waals surface area contributed by atoms with Gasteiger partial charge in [-0.25, -0.2) is 4.79 Å². The van der Waals surface area contributed by atoms with E-state index in [0.717, 1.165) is 19.5 Å². The van der Waals surface area contributed by atoms with Crippen LogP contribution in [0.25, 0.3) is 0 Å². The minimum Gasteiger partial charge on any atom is -0.390 e. The van der Waals surface area contributed by atoms with E-state index in [0.29, 0.717) is 32.5 Å². The molecule has 2 N–H and O–H groups in total. The lowest BCUT2D eigenvalue weighted by Gasteiger charge is -2.33. The van der Waals surface area contributed by atoms with Crippen molar-refractivity contribution < 1.29 is 14.7 Å². The van der Waals surface area contributed by atoms with Crippen molar-refractivity contribution >= 4 is 11.9 Å². The molecule has 3 rings (SSSR count). The van der Waals surface area contributed by atoms with Crippen LogP contribution in [0.5, 0.6) is 0 Å². The van der Waals surface area contributed by atoms with Crippen LogP contribution in [0.1, 0.15) is 24.0 Å². The molecule has 0 bridgehead atoms. The van der Waals surface area contributed by atoms with Crippen LogP contribution < -0.4 is 5.32 Å². The van der Waals surface area contributed by atoms with Crippen LogP contribution in [0.15, 0.2) is 24.3 Å². The first kappa shape index (κ1) is 20.6. The maximum atomic E-state index is 12.4. The van der Waals surface area contributed by atoms with Gasteiger partial charge in [-0.1, -0.05) is 24.3 Å². The van der Waals surface area contributed by atoms with E-state index in [1.54, 1.807) is 23.9 Å². The minimum absolute atomic E-state index is 0.00613. The topological polar surface area (TPSA) is 76.1 Å². The highest BCUT2D eigenvalue weighted by Gasteiger charge is 2.28. The van der Waals surface area contributed by atoms with Gasteiger partial charge in [-0.05, 0) is 30.4 Å². The molecule has 3 amide bonds. The molecule has 7 heteroatoms. The molecular formula is C21H32N4O3. The summed E-state index contributed by atoms with van der Waals surface area (Å²) in [6, 6.07) is 8.27. The maximum Gasteiger partial charge on any atom is 0.317 e. The molecule has 0 saturated carbocycles. The van der Waals surface area contributed by atoms with Gasteiger partial charge in [-0.15, -0.1) is 0 Å². The molecule has 28 heavy (non-hydrogen) atoms. The van der Waals surface area contributed by atoms with E-state index in [9.17, 15) is 14.7 Å². The molecule has 154 valence electrons. The molecule has 0 unspecified atom stereocenters. The van der Waals surface area contributed by atoms with Gasteiger partial charge in [0.25, 0.3) is 0 Å². The summed E-state index contributed by atoms with van der Waals surface area (Å²) in [7, 11) is 3.54. The van der Waals surface area contributed by atoms with Crippen LogP contribution in [-0.2, 0) is 17.8 Å². The summed E-state index contributed by atoms with van der Waals surface area (Å²) in [4.78, 5) is 30.0. The summed E-state index contributed by atoms with van der Waals surface area (Å²) in [5, 5.41) is 13.2. The predicted molar refractivity (Wildman–Crippen MR) is 108 cm³/mol. The highest BCUT2D eigenvalue weighted by Crippen LogP contribution is 2.20. The number of nitrogens with zero attached hydrogens (tertiary/aromatic N) is 3.